The van der Waals surface area contributed by atoms with Crippen molar-refractivity contribution in [3.8, 4) is 0 Å². The van der Waals surface area contributed by atoms with Crippen LogP contribution in [-0.2, 0) is 16.0 Å². The summed E-state index contributed by atoms with van der Waals surface area (Å²) >= 11 is 0. The van der Waals surface area contributed by atoms with Gasteiger partial charge in [0, 0.05) is 38.2 Å². The Bertz CT molecular complexity index is 592. The number of piperazine rings is 1. The van der Waals surface area contributed by atoms with Gasteiger partial charge in [0.2, 0.25) is 11.8 Å². The van der Waals surface area contributed by atoms with Crippen LogP contribution in [-0.4, -0.2) is 52.9 Å². The number of nitrogens with zero attached hydrogens (tertiary/aromatic N) is 3. The zero-order valence-corrected chi connectivity index (χ0v) is 15.4. The van der Waals surface area contributed by atoms with Gasteiger partial charge in [-0.15, -0.1) is 0 Å². The van der Waals surface area contributed by atoms with E-state index in [1.54, 1.807) is 0 Å². The predicted octanol–water partition coefficient (Wildman–Crippen LogP) is 2.48. The van der Waals surface area contributed by atoms with Gasteiger partial charge in [-0.2, -0.15) is 0 Å². The van der Waals surface area contributed by atoms with Gasteiger partial charge >= 0.3 is 0 Å². The zero-order chi connectivity index (χ0) is 17.8. The van der Waals surface area contributed by atoms with Crippen LogP contribution in [0.2, 0.25) is 0 Å². The van der Waals surface area contributed by atoms with E-state index in [2.05, 4.69) is 5.16 Å². The fraction of sp³-hybridized carbons (Fsp3) is 0.737. The molecule has 6 heteroatoms. The smallest absolute Gasteiger partial charge is 0.227 e. The third kappa shape index (κ3) is 4.41. The molecule has 0 spiro atoms. The lowest BCUT2D eigenvalue weighted by atomic mass is 10.0. The van der Waals surface area contributed by atoms with Crippen molar-refractivity contribution in [2.45, 2.75) is 58.8 Å². The Balaban J connectivity index is 1.43. The van der Waals surface area contributed by atoms with Gasteiger partial charge in [0.15, 0.2) is 0 Å². The highest BCUT2D eigenvalue weighted by molar-refractivity contribution is 5.80. The molecule has 2 fully saturated rings. The molecule has 2 aliphatic rings. The van der Waals surface area contributed by atoms with Crippen molar-refractivity contribution in [1.29, 1.82) is 0 Å². The van der Waals surface area contributed by atoms with E-state index >= 15 is 0 Å². The summed E-state index contributed by atoms with van der Waals surface area (Å²) in [6.45, 7) is 6.24. The molecule has 0 bridgehead atoms. The van der Waals surface area contributed by atoms with Crippen LogP contribution in [0.4, 0.5) is 0 Å². The van der Waals surface area contributed by atoms with Crippen LogP contribution < -0.4 is 0 Å². The van der Waals surface area contributed by atoms with E-state index < -0.39 is 0 Å². The maximum absolute atomic E-state index is 12.5. The second-order valence-electron chi connectivity index (χ2n) is 7.43. The molecule has 0 N–H and O–H groups in total. The molecule has 0 aromatic carbocycles. The summed E-state index contributed by atoms with van der Waals surface area (Å²) in [6, 6.07) is 0. The average molecular weight is 347 g/mol. The van der Waals surface area contributed by atoms with Gasteiger partial charge in [-0.3, -0.25) is 9.59 Å². The molecule has 1 aliphatic carbocycles. The molecule has 0 unspecified atom stereocenters. The highest BCUT2D eigenvalue weighted by atomic mass is 16.5. The van der Waals surface area contributed by atoms with Gasteiger partial charge in [0.25, 0.3) is 0 Å². The van der Waals surface area contributed by atoms with Gasteiger partial charge in [0.05, 0.1) is 12.1 Å². The van der Waals surface area contributed by atoms with Gasteiger partial charge < -0.3 is 14.3 Å². The third-order valence-electron chi connectivity index (χ3n) is 5.74. The van der Waals surface area contributed by atoms with Crippen molar-refractivity contribution >= 4 is 11.8 Å². The number of carbonyl (C=O) groups is 2. The summed E-state index contributed by atoms with van der Waals surface area (Å²) in [5, 5.41) is 3.90. The van der Waals surface area contributed by atoms with Crippen LogP contribution >= 0.6 is 0 Å². The van der Waals surface area contributed by atoms with Gasteiger partial charge in [0.1, 0.15) is 5.76 Å². The van der Waals surface area contributed by atoms with Crippen molar-refractivity contribution in [2.24, 2.45) is 5.92 Å². The molecule has 138 valence electrons. The largest absolute Gasteiger partial charge is 0.361 e. The third-order valence-corrected chi connectivity index (χ3v) is 5.74. The molecule has 0 radical (unpaired) electrons. The lowest BCUT2D eigenvalue weighted by molar-refractivity contribution is -0.139. The van der Waals surface area contributed by atoms with E-state index in [4.69, 9.17) is 4.52 Å². The molecule has 0 atom stereocenters. The Kier molecular flexibility index (Phi) is 5.76. The number of rotatable bonds is 5. The first-order valence-electron chi connectivity index (χ1n) is 9.52. The summed E-state index contributed by atoms with van der Waals surface area (Å²) in [7, 11) is 0. The fourth-order valence-electron chi connectivity index (χ4n) is 4.01. The normalized spacial score (nSPS) is 18.8. The Labute approximate surface area is 149 Å². The number of aromatic nitrogens is 1. The van der Waals surface area contributed by atoms with Crippen LogP contribution in [0.5, 0.6) is 0 Å². The molecule has 1 aliphatic heterocycles. The highest BCUT2D eigenvalue weighted by Gasteiger charge is 2.26. The first-order chi connectivity index (χ1) is 12.0. The highest BCUT2D eigenvalue weighted by Crippen LogP contribution is 2.28. The molecule has 6 nitrogen and oxygen atoms in total. The monoisotopic (exact) mass is 347 g/mol. The topological polar surface area (TPSA) is 66.7 Å². The number of amides is 2. The Morgan fingerprint density at radius 3 is 2.20 bits per heavy atom. The van der Waals surface area contributed by atoms with Gasteiger partial charge in [-0.25, -0.2) is 0 Å². The number of hydrogen-bond acceptors (Lipinski definition) is 4. The standard InChI is InChI=1S/C19H29N3O3/c1-14-17(15(2)25-20-14)13-19(24)22-11-9-21(10-12-22)18(23)8-7-16-5-3-4-6-16/h16H,3-13H2,1-2H3. The molecule has 25 heavy (non-hydrogen) atoms. The number of hydrogen-bond donors (Lipinski definition) is 0. The zero-order valence-electron chi connectivity index (χ0n) is 15.4. The van der Waals surface area contributed by atoms with E-state index in [1.165, 1.54) is 25.7 Å². The maximum Gasteiger partial charge on any atom is 0.227 e. The van der Waals surface area contributed by atoms with Crippen molar-refractivity contribution in [2.75, 3.05) is 26.2 Å². The van der Waals surface area contributed by atoms with Crippen LogP contribution in [0.3, 0.4) is 0 Å². The first-order valence-corrected chi connectivity index (χ1v) is 9.52. The van der Waals surface area contributed by atoms with Gasteiger partial charge in [-0.1, -0.05) is 30.8 Å². The van der Waals surface area contributed by atoms with Gasteiger partial charge in [-0.05, 0) is 26.2 Å². The minimum absolute atomic E-state index is 0.0902. The fourth-order valence-corrected chi connectivity index (χ4v) is 4.01. The van der Waals surface area contributed by atoms with Crippen LogP contribution in [0.25, 0.3) is 0 Å². The van der Waals surface area contributed by atoms with E-state index in [1.807, 2.05) is 23.6 Å². The van der Waals surface area contributed by atoms with Crippen molar-refractivity contribution < 1.29 is 14.1 Å². The van der Waals surface area contributed by atoms with E-state index in [9.17, 15) is 9.59 Å². The summed E-state index contributed by atoms with van der Waals surface area (Å²) in [5.41, 5.74) is 1.67. The summed E-state index contributed by atoms with van der Waals surface area (Å²) < 4.78 is 5.13. The number of aryl methyl sites for hydroxylation is 2. The Morgan fingerprint density at radius 2 is 1.64 bits per heavy atom. The predicted molar refractivity (Wildman–Crippen MR) is 94.0 cm³/mol. The maximum atomic E-state index is 12.5. The molecule has 1 saturated heterocycles. The second-order valence-corrected chi connectivity index (χ2v) is 7.43. The molecule has 3 rings (SSSR count). The molecule has 1 saturated carbocycles. The van der Waals surface area contributed by atoms with Crippen LogP contribution in [0.15, 0.2) is 4.52 Å². The average Bonchev–Trinajstić information content (AvgIpc) is 3.25. The molecule has 2 amide bonds. The van der Waals surface area contributed by atoms with Crippen molar-refractivity contribution in [3.05, 3.63) is 17.0 Å². The van der Waals surface area contributed by atoms with Crippen LogP contribution in [0.1, 0.15) is 55.5 Å². The summed E-state index contributed by atoms with van der Waals surface area (Å²) in [6.07, 6.45) is 7.25. The summed E-state index contributed by atoms with van der Waals surface area (Å²) in [4.78, 5) is 28.7. The van der Waals surface area contributed by atoms with E-state index in [-0.39, 0.29) is 11.8 Å². The van der Waals surface area contributed by atoms with E-state index in [0.29, 0.717) is 44.8 Å². The SMILES string of the molecule is Cc1noc(C)c1CC(=O)N1CCN(C(=O)CCC2CCCC2)CC1. The lowest BCUT2D eigenvalue weighted by Crippen LogP contribution is -2.51. The molecule has 1 aromatic heterocycles. The lowest BCUT2D eigenvalue weighted by Gasteiger charge is -2.35. The van der Waals surface area contributed by atoms with Crippen LogP contribution in [0, 0.1) is 19.8 Å². The minimum Gasteiger partial charge on any atom is -0.361 e. The van der Waals surface area contributed by atoms with E-state index in [0.717, 1.165) is 23.6 Å². The van der Waals surface area contributed by atoms with Crippen molar-refractivity contribution in [3.63, 3.8) is 0 Å². The Morgan fingerprint density at radius 1 is 1.04 bits per heavy atom. The Hall–Kier alpha value is -1.85. The first kappa shape index (κ1) is 18.0. The molecular weight excluding hydrogens is 318 g/mol. The van der Waals surface area contributed by atoms with Crippen molar-refractivity contribution in [1.82, 2.24) is 15.0 Å². The summed E-state index contributed by atoms with van der Waals surface area (Å²) in [5.74, 6) is 1.81. The molecule has 1 aromatic rings. The number of carbonyl (C=O) groups excluding carboxylic acids is 2. The second kappa shape index (κ2) is 8.02. The quantitative estimate of drug-likeness (QED) is 0.821. The molecule has 2 heterocycles. The molecular formula is C19H29N3O3. The minimum atomic E-state index is 0.0902.